The van der Waals surface area contributed by atoms with Crippen LogP contribution in [0.25, 0.3) is 0 Å². The zero-order chi connectivity index (χ0) is 5.11. The van der Waals surface area contributed by atoms with Crippen LogP contribution in [0.4, 0.5) is 0 Å². The van der Waals surface area contributed by atoms with Crippen molar-refractivity contribution in [1.82, 2.24) is 4.57 Å². The minimum atomic E-state index is -0.174. The summed E-state index contributed by atoms with van der Waals surface area (Å²) < 4.78 is 1.57. The summed E-state index contributed by atoms with van der Waals surface area (Å²) in [7, 11) is 0. The van der Waals surface area contributed by atoms with E-state index in [0.29, 0.717) is 0 Å². The minimum Gasteiger partial charge on any atom is -0.328 e. The Hall–Kier alpha value is -0.760. The zero-order valence-electron chi connectivity index (χ0n) is 3.87. The molecule has 0 atom stereocenters. The van der Waals surface area contributed by atoms with Crippen LogP contribution in [0.2, 0.25) is 0 Å². The van der Waals surface area contributed by atoms with E-state index in [2.05, 4.69) is 0 Å². The Morgan fingerprint density at radius 3 is 2.14 bits per heavy atom. The second-order valence-electron chi connectivity index (χ2n) is 1.33. The van der Waals surface area contributed by atoms with E-state index in [-0.39, 0.29) is 6.73 Å². The van der Waals surface area contributed by atoms with Gasteiger partial charge in [0.05, 0.1) is 0 Å². The van der Waals surface area contributed by atoms with Crippen LogP contribution in [-0.2, 0) is 11.8 Å². The Bertz CT molecular complexity index is 123. The van der Waals surface area contributed by atoms with Gasteiger partial charge in [0, 0.05) is 12.4 Å². The Balaban J connectivity index is 2.76. The number of nitrogens with zero attached hydrogens (tertiary/aromatic N) is 1. The molecule has 0 unspecified atom stereocenters. The third-order valence-corrected chi connectivity index (χ3v) is 0.815. The van der Waals surface area contributed by atoms with E-state index in [1.165, 1.54) is 0 Å². The maximum atomic E-state index is 9.96. The highest BCUT2D eigenvalue weighted by molar-refractivity contribution is 4.89. The van der Waals surface area contributed by atoms with Crippen molar-refractivity contribution in [1.29, 1.82) is 0 Å². The average molecular weight is 96.1 g/mol. The van der Waals surface area contributed by atoms with Crippen molar-refractivity contribution in [3.05, 3.63) is 24.5 Å². The summed E-state index contributed by atoms with van der Waals surface area (Å²) in [6.07, 6.45) is 3.49. The van der Waals surface area contributed by atoms with Gasteiger partial charge >= 0.3 is 0 Å². The lowest BCUT2D eigenvalue weighted by Crippen LogP contribution is -1.87. The molecule has 0 aliphatic heterocycles. The third-order valence-electron chi connectivity index (χ3n) is 0.815. The van der Waals surface area contributed by atoms with Crippen molar-refractivity contribution in [2.24, 2.45) is 0 Å². The highest BCUT2D eigenvalue weighted by Gasteiger charge is 1.78. The maximum absolute atomic E-state index is 9.96. The van der Waals surface area contributed by atoms with Crippen LogP contribution in [0.3, 0.4) is 0 Å². The van der Waals surface area contributed by atoms with E-state index in [1.54, 1.807) is 17.0 Å². The molecule has 1 aromatic heterocycles. The van der Waals surface area contributed by atoms with Gasteiger partial charge in [0.25, 0.3) is 0 Å². The molecule has 2 nitrogen and oxygen atoms in total. The molecule has 0 saturated carbocycles. The Morgan fingerprint density at radius 1 is 1.29 bits per heavy atom. The minimum absolute atomic E-state index is 0.174. The van der Waals surface area contributed by atoms with Crippen molar-refractivity contribution in [2.75, 3.05) is 0 Å². The van der Waals surface area contributed by atoms with Gasteiger partial charge in [-0.15, -0.1) is 0 Å². The molecule has 0 aliphatic rings. The van der Waals surface area contributed by atoms with Gasteiger partial charge < -0.3 is 4.57 Å². The van der Waals surface area contributed by atoms with Crippen LogP contribution in [0.5, 0.6) is 0 Å². The molecule has 37 valence electrons. The van der Waals surface area contributed by atoms with Gasteiger partial charge in [-0.25, -0.2) is 5.11 Å². The lowest BCUT2D eigenvalue weighted by Gasteiger charge is -1.86. The summed E-state index contributed by atoms with van der Waals surface area (Å²) in [4.78, 5) is 0. The topological polar surface area (TPSA) is 24.8 Å². The second kappa shape index (κ2) is 1.80. The number of aromatic nitrogens is 1. The molecular weight excluding hydrogens is 90.1 g/mol. The summed E-state index contributed by atoms with van der Waals surface area (Å²) in [5.74, 6) is 0. The first-order valence-corrected chi connectivity index (χ1v) is 2.12. The lowest BCUT2D eigenvalue weighted by molar-refractivity contribution is 0.119. The molecule has 0 spiro atoms. The molecule has 7 heavy (non-hydrogen) atoms. The summed E-state index contributed by atoms with van der Waals surface area (Å²) in [6.45, 7) is -0.174. The molecule has 0 bridgehead atoms. The molecular formula is C5H6NO. The highest BCUT2D eigenvalue weighted by atomic mass is 16.3. The standard InChI is InChI=1S/C5H6NO/c7-5-6-3-1-2-4-6/h1-4H,5H2. The molecule has 2 heteroatoms. The number of hydrogen-bond acceptors (Lipinski definition) is 0. The average Bonchev–Trinajstić information content (AvgIpc) is 2.14. The van der Waals surface area contributed by atoms with Gasteiger partial charge in [0.2, 0.25) is 0 Å². The van der Waals surface area contributed by atoms with Gasteiger partial charge in [0.15, 0.2) is 6.73 Å². The molecule has 0 amide bonds. The van der Waals surface area contributed by atoms with Gasteiger partial charge in [0.1, 0.15) is 0 Å². The van der Waals surface area contributed by atoms with E-state index in [1.807, 2.05) is 12.1 Å². The molecule has 1 heterocycles. The van der Waals surface area contributed by atoms with E-state index in [0.717, 1.165) is 0 Å². The zero-order valence-corrected chi connectivity index (χ0v) is 3.87. The molecule has 0 aromatic carbocycles. The van der Waals surface area contributed by atoms with Gasteiger partial charge in [-0.05, 0) is 12.1 Å². The van der Waals surface area contributed by atoms with Crippen LogP contribution in [0, 0.1) is 0 Å². The monoisotopic (exact) mass is 96.0 g/mol. The van der Waals surface area contributed by atoms with Crippen molar-refractivity contribution in [3.63, 3.8) is 0 Å². The van der Waals surface area contributed by atoms with Crippen molar-refractivity contribution >= 4 is 0 Å². The largest absolute Gasteiger partial charge is 0.328 e. The number of rotatable bonds is 1. The quantitative estimate of drug-likeness (QED) is 0.495. The molecule has 1 rings (SSSR count). The van der Waals surface area contributed by atoms with Crippen LogP contribution in [-0.4, -0.2) is 4.57 Å². The van der Waals surface area contributed by atoms with E-state index in [9.17, 15) is 5.11 Å². The lowest BCUT2D eigenvalue weighted by atomic mass is 10.7. The van der Waals surface area contributed by atoms with Crippen molar-refractivity contribution in [3.8, 4) is 0 Å². The molecule has 0 aliphatic carbocycles. The first-order valence-electron chi connectivity index (χ1n) is 2.12. The van der Waals surface area contributed by atoms with Crippen molar-refractivity contribution < 1.29 is 5.11 Å². The molecule has 1 aromatic rings. The normalized spacial score (nSPS) is 9.29. The van der Waals surface area contributed by atoms with Crippen LogP contribution < -0.4 is 0 Å². The molecule has 0 fully saturated rings. The fourth-order valence-corrected chi connectivity index (χ4v) is 0.456. The van der Waals surface area contributed by atoms with E-state index in [4.69, 9.17) is 0 Å². The summed E-state index contributed by atoms with van der Waals surface area (Å²) in [6, 6.07) is 3.66. The van der Waals surface area contributed by atoms with Crippen LogP contribution >= 0.6 is 0 Å². The Labute approximate surface area is 42.0 Å². The predicted octanol–water partition coefficient (Wildman–Crippen LogP) is 0.876. The van der Waals surface area contributed by atoms with E-state index >= 15 is 0 Å². The fraction of sp³-hybridized carbons (Fsp3) is 0.200. The SMILES string of the molecule is [O]Cn1cccc1. The van der Waals surface area contributed by atoms with Crippen LogP contribution in [0.15, 0.2) is 24.5 Å². The Morgan fingerprint density at radius 2 is 1.86 bits per heavy atom. The molecule has 0 saturated heterocycles. The van der Waals surface area contributed by atoms with Gasteiger partial charge in [-0.1, -0.05) is 0 Å². The van der Waals surface area contributed by atoms with E-state index < -0.39 is 0 Å². The summed E-state index contributed by atoms with van der Waals surface area (Å²) >= 11 is 0. The van der Waals surface area contributed by atoms with Gasteiger partial charge in [-0.3, -0.25) is 0 Å². The van der Waals surface area contributed by atoms with Crippen LogP contribution in [0.1, 0.15) is 0 Å². The predicted molar refractivity (Wildman–Crippen MR) is 25.1 cm³/mol. The summed E-state index contributed by atoms with van der Waals surface area (Å²) in [5.41, 5.74) is 0. The second-order valence-corrected chi connectivity index (χ2v) is 1.33. The van der Waals surface area contributed by atoms with Gasteiger partial charge in [-0.2, -0.15) is 0 Å². The molecule has 1 radical (unpaired) electrons. The third kappa shape index (κ3) is 0.810. The maximum Gasteiger partial charge on any atom is 0.157 e. The smallest absolute Gasteiger partial charge is 0.157 e. The first-order chi connectivity index (χ1) is 3.43. The summed E-state index contributed by atoms with van der Waals surface area (Å²) in [5, 5.41) is 9.96. The first kappa shape index (κ1) is 4.40. The fourth-order valence-electron chi connectivity index (χ4n) is 0.456. The van der Waals surface area contributed by atoms with Crippen molar-refractivity contribution in [2.45, 2.75) is 6.73 Å². The highest BCUT2D eigenvalue weighted by Crippen LogP contribution is 1.85. The Kier molecular flexibility index (Phi) is 1.13. The molecule has 0 N–H and O–H groups in total. The number of hydrogen-bond donors (Lipinski definition) is 0.